The van der Waals surface area contributed by atoms with Crippen molar-refractivity contribution >= 4 is 11.9 Å². The van der Waals surface area contributed by atoms with Gasteiger partial charge in [-0.1, -0.05) is 39.5 Å². The second-order valence-corrected chi connectivity index (χ2v) is 5.48. The number of aliphatic carboxylic acids is 2. The molecule has 0 bridgehead atoms. The Morgan fingerprint density at radius 1 is 0.833 bits per heavy atom. The highest BCUT2D eigenvalue weighted by atomic mass is 16.4. The highest BCUT2D eigenvalue weighted by Crippen LogP contribution is 2.47. The van der Waals surface area contributed by atoms with Crippen LogP contribution in [0, 0.1) is 10.8 Å². The Bertz CT molecular complexity index is 270. The Kier molecular flexibility index (Phi) is 6.36. The zero-order valence-electron chi connectivity index (χ0n) is 12.0. The van der Waals surface area contributed by atoms with Crippen LogP contribution >= 0.6 is 0 Å². The summed E-state index contributed by atoms with van der Waals surface area (Å²) >= 11 is 0. The zero-order chi connectivity index (χ0) is 14.4. The summed E-state index contributed by atoms with van der Waals surface area (Å²) in [6.45, 7) is 7.11. The zero-order valence-corrected chi connectivity index (χ0v) is 12.0. The molecule has 0 aromatic rings. The molecule has 18 heavy (non-hydrogen) atoms. The molecule has 0 heterocycles. The Balaban J connectivity index is 5.34. The van der Waals surface area contributed by atoms with Crippen LogP contribution in [0.5, 0.6) is 0 Å². The van der Waals surface area contributed by atoms with Crippen LogP contribution in [0.15, 0.2) is 0 Å². The van der Waals surface area contributed by atoms with Gasteiger partial charge >= 0.3 is 11.9 Å². The molecule has 106 valence electrons. The summed E-state index contributed by atoms with van der Waals surface area (Å²) in [6.07, 6.45) is 4.02. The molecule has 2 unspecified atom stereocenters. The number of hydrogen-bond donors (Lipinski definition) is 2. The molecule has 2 atom stereocenters. The smallest absolute Gasteiger partial charge is 0.310 e. The standard InChI is InChI=1S/C14H26O4/c1-5-7-9-13(3,11(15)16)14(4,12(17)18)10-8-6-2/h5-10H2,1-4H3,(H,15,16)(H,17,18). The van der Waals surface area contributed by atoms with Gasteiger partial charge in [0, 0.05) is 0 Å². The van der Waals surface area contributed by atoms with Crippen LogP contribution in [-0.4, -0.2) is 22.2 Å². The summed E-state index contributed by atoms with van der Waals surface area (Å²) in [5.41, 5.74) is -2.41. The van der Waals surface area contributed by atoms with Gasteiger partial charge in [-0.15, -0.1) is 0 Å². The van der Waals surface area contributed by atoms with Crippen LogP contribution in [0.3, 0.4) is 0 Å². The summed E-state index contributed by atoms with van der Waals surface area (Å²) in [6, 6.07) is 0. The molecule has 0 saturated heterocycles. The van der Waals surface area contributed by atoms with Crippen LogP contribution in [0.2, 0.25) is 0 Å². The lowest BCUT2D eigenvalue weighted by molar-refractivity contribution is -0.173. The third-order valence-corrected chi connectivity index (χ3v) is 4.22. The first-order valence-corrected chi connectivity index (χ1v) is 6.73. The largest absolute Gasteiger partial charge is 0.481 e. The van der Waals surface area contributed by atoms with Gasteiger partial charge in [-0.25, -0.2) is 0 Å². The van der Waals surface area contributed by atoms with E-state index in [1.54, 1.807) is 13.8 Å². The lowest BCUT2D eigenvalue weighted by Crippen LogP contribution is -2.49. The number of carbonyl (C=O) groups is 2. The van der Waals surface area contributed by atoms with Crippen LogP contribution < -0.4 is 0 Å². The molecule has 0 aliphatic carbocycles. The van der Waals surface area contributed by atoms with Gasteiger partial charge in [0.1, 0.15) is 0 Å². The fraction of sp³-hybridized carbons (Fsp3) is 0.857. The molecule has 4 heteroatoms. The molecule has 0 fully saturated rings. The van der Waals surface area contributed by atoms with Gasteiger partial charge in [0.2, 0.25) is 0 Å². The van der Waals surface area contributed by atoms with Gasteiger partial charge in [0.05, 0.1) is 10.8 Å². The van der Waals surface area contributed by atoms with Gasteiger partial charge in [-0.2, -0.15) is 0 Å². The van der Waals surface area contributed by atoms with Crippen molar-refractivity contribution in [2.24, 2.45) is 10.8 Å². The fourth-order valence-electron chi connectivity index (χ4n) is 2.30. The average molecular weight is 258 g/mol. The maximum absolute atomic E-state index is 11.6. The molecule has 0 aliphatic heterocycles. The molecule has 0 aromatic heterocycles. The molecule has 0 aliphatic rings. The van der Waals surface area contributed by atoms with Crippen molar-refractivity contribution < 1.29 is 19.8 Å². The predicted octanol–water partition coefficient (Wildman–Crippen LogP) is 3.55. The minimum atomic E-state index is -1.20. The van der Waals surface area contributed by atoms with Crippen LogP contribution in [-0.2, 0) is 9.59 Å². The maximum Gasteiger partial charge on any atom is 0.310 e. The second-order valence-electron chi connectivity index (χ2n) is 5.48. The summed E-state index contributed by atoms with van der Waals surface area (Å²) in [7, 11) is 0. The highest BCUT2D eigenvalue weighted by molar-refractivity contribution is 5.86. The van der Waals surface area contributed by atoms with Crippen LogP contribution in [0.1, 0.15) is 66.2 Å². The fourth-order valence-corrected chi connectivity index (χ4v) is 2.30. The molecule has 0 saturated carbocycles. The van der Waals surface area contributed by atoms with Crippen molar-refractivity contribution in [1.29, 1.82) is 0 Å². The second kappa shape index (κ2) is 6.76. The van der Waals surface area contributed by atoms with E-state index in [9.17, 15) is 19.8 Å². The summed E-state index contributed by atoms with van der Waals surface area (Å²) < 4.78 is 0. The molecule has 0 rings (SSSR count). The molecule has 2 N–H and O–H groups in total. The number of rotatable bonds is 9. The Hall–Kier alpha value is -1.06. The van der Waals surface area contributed by atoms with Gasteiger partial charge in [-0.05, 0) is 26.7 Å². The number of carboxylic acid groups (broad SMARTS) is 2. The van der Waals surface area contributed by atoms with E-state index < -0.39 is 22.8 Å². The summed E-state index contributed by atoms with van der Waals surface area (Å²) in [5, 5.41) is 19.0. The van der Waals surface area contributed by atoms with E-state index in [1.165, 1.54) is 0 Å². The lowest BCUT2D eigenvalue weighted by atomic mass is 9.61. The molecule has 0 radical (unpaired) electrons. The van der Waals surface area contributed by atoms with Crippen molar-refractivity contribution in [3.8, 4) is 0 Å². The molecule has 0 aromatic carbocycles. The van der Waals surface area contributed by atoms with Crippen molar-refractivity contribution in [2.75, 3.05) is 0 Å². The van der Waals surface area contributed by atoms with E-state index >= 15 is 0 Å². The summed E-state index contributed by atoms with van der Waals surface area (Å²) in [4.78, 5) is 23.2. The highest BCUT2D eigenvalue weighted by Gasteiger charge is 2.54. The SMILES string of the molecule is CCCCC(C)(C(=O)O)C(C)(CCCC)C(=O)O. The lowest BCUT2D eigenvalue weighted by Gasteiger charge is -2.40. The number of unbranched alkanes of at least 4 members (excludes halogenated alkanes) is 2. The predicted molar refractivity (Wildman–Crippen MR) is 70.5 cm³/mol. The Morgan fingerprint density at radius 3 is 1.28 bits per heavy atom. The maximum atomic E-state index is 11.6. The third-order valence-electron chi connectivity index (χ3n) is 4.22. The van der Waals surface area contributed by atoms with Crippen LogP contribution in [0.4, 0.5) is 0 Å². The molecular formula is C14H26O4. The number of carboxylic acids is 2. The normalized spacial score (nSPS) is 17.8. The molecule has 0 amide bonds. The Morgan fingerprint density at radius 2 is 1.11 bits per heavy atom. The van der Waals surface area contributed by atoms with Crippen molar-refractivity contribution in [3.63, 3.8) is 0 Å². The van der Waals surface area contributed by atoms with E-state index in [2.05, 4.69) is 0 Å². The van der Waals surface area contributed by atoms with E-state index in [0.29, 0.717) is 12.8 Å². The first-order chi connectivity index (χ1) is 8.26. The molecular weight excluding hydrogens is 232 g/mol. The third kappa shape index (κ3) is 3.24. The van der Waals surface area contributed by atoms with Gasteiger partial charge in [0.25, 0.3) is 0 Å². The summed E-state index contributed by atoms with van der Waals surface area (Å²) in [5.74, 6) is -2.01. The van der Waals surface area contributed by atoms with Gasteiger partial charge in [-0.3, -0.25) is 9.59 Å². The van der Waals surface area contributed by atoms with Crippen molar-refractivity contribution in [3.05, 3.63) is 0 Å². The van der Waals surface area contributed by atoms with E-state index in [1.807, 2.05) is 13.8 Å². The monoisotopic (exact) mass is 258 g/mol. The topological polar surface area (TPSA) is 74.6 Å². The molecule has 4 nitrogen and oxygen atoms in total. The van der Waals surface area contributed by atoms with E-state index in [0.717, 1.165) is 25.7 Å². The quantitative estimate of drug-likeness (QED) is 0.663. The average Bonchev–Trinajstić information content (AvgIpc) is 2.32. The van der Waals surface area contributed by atoms with Gasteiger partial charge < -0.3 is 10.2 Å². The van der Waals surface area contributed by atoms with Crippen LogP contribution in [0.25, 0.3) is 0 Å². The first kappa shape index (κ1) is 16.9. The minimum absolute atomic E-state index is 0.408. The van der Waals surface area contributed by atoms with E-state index in [4.69, 9.17) is 0 Å². The van der Waals surface area contributed by atoms with Crippen molar-refractivity contribution in [2.45, 2.75) is 66.2 Å². The minimum Gasteiger partial charge on any atom is -0.481 e. The van der Waals surface area contributed by atoms with Crippen molar-refractivity contribution in [1.82, 2.24) is 0 Å². The van der Waals surface area contributed by atoms with E-state index in [-0.39, 0.29) is 0 Å². The first-order valence-electron chi connectivity index (χ1n) is 6.73. The number of hydrogen-bond acceptors (Lipinski definition) is 2. The van der Waals surface area contributed by atoms with Gasteiger partial charge in [0.15, 0.2) is 0 Å². The Labute approximate surface area is 109 Å². The molecule has 0 spiro atoms.